The molecule has 0 atom stereocenters. The van der Waals surface area contributed by atoms with Crippen LogP contribution in [-0.2, 0) is 21.4 Å². The van der Waals surface area contributed by atoms with E-state index in [1.165, 1.54) is 10.6 Å². The molecule has 124 valence electrons. The van der Waals surface area contributed by atoms with Gasteiger partial charge in [0.15, 0.2) is 0 Å². The number of nitrogens with zero attached hydrogens (tertiary/aromatic N) is 2. The largest absolute Gasteiger partial charge is 0.468 e. The Balaban J connectivity index is 1.91. The minimum Gasteiger partial charge on any atom is -0.468 e. The Kier molecular flexibility index (Phi) is 6.02. The number of furan rings is 1. The fraction of sp³-hybridized carbons (Fsp3) is 0.667. The Hall–Kier alpha value is -1.34. The number of hydrogen-bond acceptors (Lipinski definition) is 4. The maximum atomic E-state index is 12.3. The Morgan fingerprint density at radius 3 is 2.50 bits per heavy atom. The highest BCUT2D eigenvalue weighted by Gasteiger charge is 2.22. The molecule has 1 saturated heterocycles. The first kappa shape index (κ1) is 17.0. The van der Waals surface area contributed by atoms with Crippen LogP contribution in [0, 0.1) is 0 Å². The zero-order valence-electron chi connectivity index (χ0n) is 13.0. The Labute approximate surface area is 132 Å². The summed E-state index contributed by atoms with van der Waals surface area (Å²) < 4.78 is 30.2. The fourth-order valence-electron chi connectivity index (χ4n) is 2.64. The monoisotopic (exact) mass is 328 g/mol. The molecule has 0 radical (unpaired) electrons. The molecule has 1 aromatic heterocycles. The SMILES string of the molecule is CS(=O)(=O)N(CCC(=O)N1CCCCCC1)Cc1ccco1. The van der Waals surface area contributed by atoms with E-state index in [9.17, 15) is 13.2 Å². The van der Waals surface area contributed by atoms with E-state index in [2.05, 4.69) is 0 Å². The third kappa shape index (κ3) is 5.14. The molecule has 0 aromatic carbocycles. The van der Waals surface area contributed by atoms with E-state index < -0.39 is 10.0 Å². The van der Waals surface area contributed by atoms with Crippen LogP contribution in [0.25, 0.3) is 0 Å². The van der Waals surface area contributed by atoms with Crippen LogP contribution >= 0.6 is 0 Å². The van der Waals surface area contributed by atoms with Crippen LogP contribution < -0.4 is 0 Å². The maximum absolute atomic E-state index is 12.3. The summed E-state index contributed by atoms with van der Waals surface area (Å²) in [4.78, 5) is 14.1. The van der Waals surface area contributed by atoms with Crippen LogP contribution in [0.1, 0.15) is 37.9 Å². The smallest absolute Gasteiger partial charge is 0.223 e. The van der Waals surface area contributed by atoms with E-state index in [0.717, 1.165) is 45.0 Å². The molecule has 2 rings (SSSR count). The predicted molar refractivity (Wildman–Crippen MR) is 83.6 cm³/mol. The van der Waals surface area contributed by atoms with Gasteiger partial charge in [0.25, 0.3) is 0 Å². The van der Waals surface area contributed by atoms with Gasteiger partial charge in [0, 0.05) is 26.1 Å². The molecule has 0 aliphatic carbocycles. The highest BCUT2D eigenvalue weighted by molar-refractivity contribution is 7.88. The molecular formula is C15H24N2O4S. The number of carbonyl (C=O) groups excluding carboxylic acids is 1. The van der Waals surface area contributed by atoms with Crippen LogP contribution in [0.3, 0.4) is 0 Å². The van der Waals surface area contributed by atoms with Crippen molar-refractivity contribution >= 4 is 15.9 Å². The Bertz CT molecular complexity index is 560. The van der Waals surface area contributed by atoms with Crippen LogP contribution in [0.4, 0.5) is 0 Å². The molecule has 0 unspecified atom stereocenters. The molecule has 0 N–H and O–H groups in total. The standard InChI is InChI=1S/C15H24N2O4S/c1-22(19,20)17(13-14-7-6-12-21-14)11-8-15(18)16-9-4-2-3-5-10-16/h6-7,12H,2-5,8-11,13H2,1H3. The van der Waals surface area contributed by atoms with Crippen molar-refractivity contribution in [3.05, 3.63) is 24.2 Å². The van der Waals surface area contributed by atoms with Crippen molar-refractivity contribution in [2.24, 2.45) is 0 Å². The second kappa shape index (κ2) is 7.78. The summed E-state index contributed by atoms with van der Waals surface area (Å²) in [6.07, 6.45) is 7.29. The number of amides is 1. The molecule has 1 aliphatic heterocycles. The maximum Gasteiger partial charge on any atom is 0.223 e. The third-order valence-electron chi connectivity index (χ3n) is 3.92. The minimum atomic E-state index is -3.37. The van der Waals surface area contributed by atoms with Gasteiger partial charge < -0.3 is 9.32 Å². The molecule has 6 nitrogen and oxygen atoms in total. The van der Waals surface area contributed by atoms with Crippen molar-refractivity contribution in [3.8, 4) is 0 Å². The predicted octanol–water partition coefficient (Wildman–Crippen LogP) is 1.83. The number of carbonyl (C=O) groups is 1. The van der Waals surface area contributed by atoms with E-state index >= 15 is 0 Å². The van der Waals surface area contributed by atoms with E-state index in [1.807, 2.05) is 4.90 Å². The van der Waals surface area contributed by atoms with Crippen LogP contribution in [0.5, 0.6) is 0 Å². The fourth-order valence-corrected chi connectivity index (χ4v) is 3.42. The second-order valence-electron chi connectivity index (χ2n) is 5.72. The van der Waals surface area contributed by atoms with Gasteiger partial charge in [-0.1, -0.05) is 12.8 Å². The summed E-state index contributed by atoms with van der Waals surface area (Å²) in [7, 11) is -3.37. The van der Waals surface area contributed by atoms with Crippen molar-refractivity contribution in [3.63, 3.8) is 0 Å². The summed E-state index contributed by atoms with van der Waals surface area (Å²) in [6.45, 7) is 1.93. The van der Waals surface area contributed by atoms with E-state index in [-0.39, 0.29) is 25.4 Å². The number of hydrogen-bond donors (Lipinski definition) is 0. The quantitative estimate of drug-likeness (QED) is 0.799. The van der Waals surface area contributed by atoms with Crippen molar-refractivity contribution in [2.75, 3.05) is 25.9 Å². The molecule has 0 bridgehead atoms. The summed E-state index contributed by atoms with van der Waals surface area (Å²) in [5.74, 6) is 0.614. The third-order valence-corrected chi connectivity index (χ3v) is 5.16. The average molecular weight is 328 g/mol. The highest BCUT2D eigenvalue weighted by atomic mass is 32.2. The van der Waals surface area contributed by atoms with Crippen molar-refractivity contribution in [2.45, 2.75) is 38.6 Å². The van der Waals surface area contributed by atoms with Gasteiger partial charge in [-0.05, 0) is 25.0 Å². The number of sulfonamides is 1. The molecule has 0 spiro atoms. The van der Waals surface area contributed by atoms with E-state index in [1.54, 1.807) is 12.1 Å². The molecular weight excluding hydrogens is 304 g/mol. The molecule has 7 heteroatoms. The van der Waals surface area contributed by atoms with Gasteiger partial charge in [-0.25, -0.2) is 8.42 Å². The van der Waals surface area contributed by atoms with Gasteiger partial charge in [0.2, 0.25) is 15.9 Å². The minimum absolute atomic E-state index is 0.0370. The molecule has 1 aliphatic rings. The molecule has 22 heavy (non-hydrogen) atoms. The lowest BCUT2D eigenvalue weighted by molar-refractivity contribution is -0.131. The molecule has 1 fully saturated rings. The van der Waals surface area contributed by atoms with Gasteiger partial charge in [0.05, 0.1) is 19.1 Å². The van der Waals surface area contributed by atoms with E-state index in [0.29, 0.717) is 5.76 Å². The number of rotatable bonds is 6. The topological polar surface area (TPSA) is 70.8 Å². The van der Waals surface area contributed by atoms with Crippen molar-refractivity contribution < 1.29 is 17.6 Å². The highest BCUT2D eigenvalue weighted by Crippen LogP contribution is 2.13. The Morgan fingerprint density at radius 2 is 1.95 bits per heavy atom. The summed E-state index contributed by atoms with van der Waals surface area (Å²) in [5, 5.41) is 0. The first-order valence-corrected chi connectivity index (χ1v) is 9.57. The lowest BCUT2D eigenvalue weighted by atomic mass is 10.2. The molecule has 2 heterocycles. The van der Waals surface area contributed by atoms with Gasteiger partial charge in [-0.3, -0.25) is 4.79 Å². The van der Waals surface area contributed by atoms with Crippen LogP contribution in [0.2, 0.25) is 0 Å². The molecule has 1 amide bonds. The lowest BCUT2D eigenvalue weighted by Gasteiger charge is -2.23. The van der Waals surface area contributed by atoms with E-state index in [4.69, 9.17) is 4.42 Å². The van der Waals surface area contributed by atoms with Gasteiger partial charge in [0.1, 0.15) is 5.76 Å². The van der Waals surface area contributed by atoms with Crippen molar-refractivity contribution in [1.29, 1.82) is 0 Å². The zero-order chi connectivity index (χ0) is 16.0. The van der Waals surface area contributed by atoms with Gasteiger partial charge in [-0.2, -0.15) is 4.31 Å². The lowest BCUT2D eigenvalue weighted by Crippen LogP contribution is -2.36. The summed E-state index contributed by atoms with van der Waals surface area (Å²) >= 11 is 0. The number of likely N-dealkylation sites (tertiary alicyclic amines) is 1. The first-order valence-electron chi connectivity index (χ1n) is 7.72. The summed E-state index contributed by atoms with van der Waals surface area (Å²) in [5.41, 5.74) is 0. The first-order chi connectivity index (χ1) is 10.5. The van der Waals surface area contributed by atoms with Crippen LogP contribution in [0.15, 0.2) is 22.8 Å². The molecule has 0 saturated carbocycles. The van der Waals surface area contributed by atoms with Gasteiger partial charge >= 0.3 is 0 Å². The van der Waals surface area contributed by atoms with Gasteiger partial charge in [-0.15, -0.1) is 0 Å². The second-order valence-corrected chi connectivity index (χ2v) is 7.70. The normalized spacial score (nSPS) is 16.7. The summed E-state index contributed by atoms with van der Waals surface area (Å²) in [6, 6.07) is 3.45. The molecule has 1 aromatic rings. The Morgan fingerprint density at radius 1 is 1.27 bits per heavy atom. The van der Waals surface area contributed by atoms with Crippen LogP contribution in [-0.4, -0.2) is 49.4 Å². The average Bonchev–Trinajstić information content (AvgIpc) is 2.81. The van der Waals surface area contributed by atoms with Crippen molar-refractivity contribution in [1.82, 2.24) is 9.21 Å². The zero-order valence-corrected chi connectivity index (χ0v) is 13.8.